The van der Waals surface area contributed by atoms with Gasteiger partial charge in [-0.25, -0.2) is 0 Å². The molecule has 27 heavy (non-hydrogen) atoms. The van der Waals surface area contributed by atoms with Crippen LogP contribution < -0.4 is 0 Å². The molecule has 0 bridgehead atoms. The average Bonchev–Trinajstić information content (AvgIpc) is 2.85. The van der Waals surface area contributed by atoms with Crippen LogP contribution in [-0.4, -0.2) is 47.2 Å². The summed E-state index contributed by atoms with van der Waals surface area (Å²) >= 11 is 0. The van der Waals surface area contributed by atoms with E-state index >= 15 is 0 Å². The predicted octanol–water partition coefficient (Wildman–Crippen LogP) is 2.39. The van der Waals surface area contributed by atoms with Crippen molar-refractivity contribution in [1.82, 2.24) is 4.90 Å². The van der Waals surface area contributed by atoms with E-state index in [1.807, 2.05) is 26.0 Å². The van der Waals surface area contributed by atoms with Crippen molar-refractivity contribution in [2.24, 2.45) is 35.0 Å². The number of Topliss-reactive ketones (excluding diaryl/α,β-unsaturated/α-hetero) is 2. The molecule has 0 aromatic heterocycles. The Balaban J connectivity index is 2.02. The monoisotopic (exact) mass is 373 g/mol. The number of aliphatic hydroxyl groups excluding tert-OH is 1. The van der Waals surface area contributed by atoms with Gasteiger partial charge in [0.15, 0.2) is 17.5 Å². The minimum atomic E-state index is -1.28. The number of rotatable bonds is 4. The van der Waals surface area contributed by atoms with Gasteiger partial charge < -0.3 is 10.0 Å². The number of ketones is 2. The van der Waals surface area contributed by atoms with E-state index in [1.54, 1.807) is 0 Å². The van der Waals surface area contributed by atoms with E-state index in [-0.39, 0.29) is 17.6 Å². The Morgan fingerprint density at radius 2 is 2.04 bits per heavy atom. The van der Waals surface area contributed by atoms with Crippen molar-refractivity contribution in [2.45, 2.75) is 46.1 Å². The van der Waals surface area contributed by atoms with Crippen LogP contribution >= 0.6 is 0 Å². The molecule has 0 aromatic rings. The van der Waals surface area contributed by atoms with E-state index < -0.39 is 35.7 Å². The molecule has 148 valence electrons. The number of likely N-dealkylation sites (tertiary alicyclic amines) is 1. The normalized spacial score (nSPS) is 42.0. The molecule has 0 radical (unpaired) electrons. The molecule has 1 aliphatic heterocycles. The van der Waals surface area contributed by atoms with Crippen molar-refractivity contribution in [3.8, 4) is 0 Å². The summed E-state index contributed by atoms with van der Waals surface area (Å²) in [5, 5.41) is 9.50. The molecule has 5 nitrogen and oxygen atoms in total. The molecule has 3 aliphatic rings. The molecule has 0 aromatic carbocycles. The number of fused-ring (bicyclic) bond motifs is 1. The zero-order chi connectivity index (χ0) is 19.9. The van der Waals surface area contributed by atoms with Crippen LogP contribution in [-0.2, 0) is 14.4 Å². The van der Waals surface area contributed by atoms with E-state index in [2.05, 4.69) is 19.1 Å². The minimum absolute atomic E-state index is 0.122. The van der Waals surface area contributed by atoms with E-state index in [0.717, 1.165) is 19.3 Å². The molecule has 2 fully saturated rings. The molecule has 1 saturated heterocycles. The lowest BCUT2D eigenvalue weighted by atomic mass is 9.52. The highest BCUT2D eigenvalue weighted by molar-refractivity contribution is 6.25. The van der Waals surface area contributed by atoms with E-state index in [1.165, 1.54) is 11.9 Å². The SMILES string of the molecule is C/C=C/[C@@H]1C=C[C@@H]2C[C@H](C)CC[C@H]2[C@]1(C)C(=O)C1C(=O)[C@H](CO)N(C)C1=O. The maximum atomic E-state index is 13.8. The number of carbonyl (C=O) groups excluding carboxylic acids is 3. The summed E-state index contributed by atoms with van der Waals surface area (Å²) < 4.78 is 0. The molecular formula is C22H31NO4. The zero-order valence-electron chi connectivity index (χ0n) is 16.7. The lowest BCUT2D eigenvalue weighted by Crippen LogP contribution is -2.52. The number of amides is 1. The van der Waals surface area contributed by atoms with Gasteiger partial charge in [-0.2, -0.15) is 0 Å². The van der Waals surface area contributed by atoms with Crippen molar-refractivity contribution in [3.05, 3.63) is 24.3 Å². The Hall–Kier alpha value is -1.75. The molecule has 5 heteroatoms. The van der Waals surface area contributed by atoms with E-state index in [0.29, 0.717) is 11.8 Å². The van der Waals surface area contributed by atoms with Gasteiger partial charge in [0.2, 0.25) is 5.91 Å². The number of nitrogens with zero attached hydrogens (tertiary/aromatic N) is 1. The first-order valence-electron chi connectivity index (χ1n) is 10.0. The third kappa shape index (κ3) is 3.00. The van der Waals surface area contributed by atoms with Crippen LogP contribution in [0, 0.1) is 35.0 Å². The number of carbonyl (C=O) groups is 3. The van der Waals surface area contributed by atoms with Crippen LogP contribution in [0.15, 0.2) is 24.3 Å². The first-order chi connectivity index (χ1) is 12.8. The fourth-order valence-electron chi connectivity index (χ4n) is 5.54. The van der Waals surface area contributed by atoms with Crippen molar-refractivity contribution >= 4 is 17.5 Å². The Morgan fingerprint density at radius 3 is 2.63 bits per heavy atom. The molecule has 2 aliphatic carbocycles. The summed E-state index contributed by atoms with van der Waals surface area (Å²) in [5.74, 6) is -1.54. The highest BCUT2D eigenvalue weighted by Crippen LogP contribution is 2.54. The fraction of sp³-hybridized carbons (Fsp3) is 0.682. The van der Waals surface area contributed by atoms with Crippen molar-refractivity contribution in [1.29, 1.82) is 0 Å². The van der Waals surface area contributed by atoms with Crippen molar-refractivity contribution in [2.75, 3.05) is 13.7 Å². The fourth-order valence-corrected chi connectivity index (χ4v) is 5.54. The summed E-state index contributed by atoms with van der Waals surface area (Å²) in [7, 11) is 1.49. The maximum absolute atomic E-state index is 13.8. The summed E-state index contributed by atoms with van der Waals surface area (Å²) in [6.45, 7) is 5.68. The van der Waals surface area contributed by atoms with Crippen LogP contribution in [0.2, 0.25) is 0 Å². The van der Waals surface area contributed by atoms with Gasteiger partial charge >= 0.3 is 0 Å². The predicted molar refractivity (Wildman–Crippen MR) is 103 cm³/mol. The first-order valence-corrected chi connectivity index (χ1v) is 10.0. The second-order valence-electron chi connectivity index (χ2n) is 8.75. The van der Waals surface area contributed by atoms with Crippen LogP contribution in [0.3, 0.4) is 0 Å². The molecule has 1 amide bonds. The topological polar surface area (TPSA) is 74.7 Å². The highest BCUT2D eigenvalue weighted by atomic mass is 16.3. The van der Waals surface area contributed by atoms with Gasteiger partial charge in [-0.3, -0.25) is 14.4 Å². The van der Waals surface area contributed by atoms with E-state index in [9.17, 15) is 19.5 Å². The van der Waals surface area contributed by atoms with Gasteiger partial charge in [0.25, 0.3) is 0 Å². The van der Waals surface area contributed by atoms with Crippen LogP contribution in [0.4, 0.5) is 0 Å². The Morgan fingerprint density at radius 1 is 1.33 bits per heavy atom. The first kappa shape index (κ1) is 20.0. The third-order valence-electron chi connectivity index (χ3n) is 7.23. The zero-order valence-corrected chi connectivity index (χ0v) is 16.7. The minimum Gasteiger partial charge on any atom is -0.394 e. The third-order valence-corrected chi connectivity index (χ3v) is 7.23. The molecular weight excluding hydrogens is 342 g/mol. The van der Waals surface area contributed by atoms with Gasteiger partial charge in [0, 0.05) is 18.4 Å². The Labute approximate surface area is 161 Å². The van der Waals surface area contributed by atoms with Crippen molar-refractivity contribution in [3.63, 3.8) is 0 Å². The number of hydrogen-bond donors (Lipinski definition) is 1. The quantitative estimate of drug-likeness (QED) is 0.606. The lowest BCUT2D eigenvalue weighted by molar-refractivity contribution is -0.148. The number of allylic oxidation sites excluding steroid dienone is 4. The summed E-state index contributed by atoms with van der Waals surface area (Å²) in [5.41, 5.74) is -0.784. The smallest absolute Gasteiger partial charge is 0.241 e. The van der Waals surface area contributed by atoms with Crippen LogP contribution in [0.1, 0.15) is 40.0 Å². The Bertz CT molecular complexity index is 696. The lowest BCUT2D eigenvalue weighted by Gasteiger charge is -2.50. The molecule has 1 N–H and O–H groups in total. The van der Waals surface area contributed by atoms with E-state index in [4.69, 9.17) is 0 Å². The van der Waals surface area contributed by atoms with Crippen molar-refractivity contribution < 1.29 is 19.5 Å². The maximum Gasteiger partial charge on any atom is 0.241 e. The number of hydrogen-bond acceptors (Lipinski definition) is 4. The van der Waals surface area contributed by atoms with Gasteiger partial charge in [0.1, 0.15) is 6.04 Å². The molecule has 7 atom stereocenters. The second kappa shape index (κ2) is 7.34. The highest BCUT2D eigenvalue weighted by Gasteiger charge is 2.58. The van der Waals surface area contributed by atoms with Gasteiger partial charge in [0.05, 0.1) is 6.61 Å². The molecule has 3 rings (SSSR count). The summed E-state index contributed by atoms with van der Waals surface area (Å²) in [6, 6.07) is -0.906. The number of likely N-dealkylation sites (N-methyl/N-ethyl adjacent to an activating group) is 1. The molecule has 1 heterocycles. The largest absolute Gasteiger partial charge is 0.394 e. The Kier molecular flexibility index (Phi) is 5.44. The van der Waals surface area contributed by atoms with Gasteiger partial charge in [-0.05, 0) is 37.5 Å². The molecule has 1 saturated carbocycles. The molecule has 1 unspecified atom stereocenters. The van der Waals surface area contributed by atoms with Crippen LogP contribution in [0.25, 0.3) is 0 Å². The second-order valence-corrected chi connectivity index (χ2v) is 8.75. The van der Waals surface area contributed by atoms with Gasteiger partial charge in [-0.15, -0.1) is 0 Å². The standard InChI is InChI=1S/C22H31NO4/c1-5-6-15-9-8-14-11-13(2)7-10-16(14)22(15,3)20(26)18-19(25)17(12-24)23(4)21(18)27/h5-6,8-9,13-18,24H,7,10-12H2,1-4H3/b6-5+/t13-,14-,15-,16-,17+,18?,22-/m1/s1. The van der Waals surface area contributed by atoms with Gasteiger partial charge in [-0.1, -0.05) is 44.6 Å². The summed E-state index contributed by atoms with van der Waals surface area (Å²) in [6.07, 6.45) is 11.3. The summed E-state index contributed by atoms with van der Waals surface area (Å²) in [4.78, 5) is 40.5. The molecule has 0 spiro atoms. The van der Waals surface area contributed by atoms with Crippen LogP contribution in [0.5, 0.6) is 0 Å². The average molecular weight is 373 g/mol. The number of aliphatic hydroxyl groups is 1.